The first-order valence-electron chi connectivity index (χ1n) is 5.72. The van der Waals surface area contributed by atoms with Crippen LogP contribution in [0.5, 0.6) is 0 Å². The van der Waals surface area contributed by atoms with Crippen LogP contribution in [0.3, 0.4) is 0 Å². The van der Waals surface area contributed by atoms with Gasteiger partial charge in [0.2, 0.25) is 0 Å². The fraction of sp³-hybridized carbons (Fsp3) is 0.214. The van der Waals surface area contributed by atoms with E-state index >= 15 is 0 Å². The summed E-state index contributed by atoms with van der Waals surface area (Å²) in [5, 5.41) is 14.5. The zero-order valence-electron chi connectivity index (χ0n) is 10.3. The summed E-state index contributed by atoms with van der Waals surface area (Å²) in [5.41, 5.74) is 1.93. The highest BCUT2D eigenvalue weighted by atomic mass is 32.1. The molecule has 1 aromatic heterocycles. The number of aromatic carboxylic acids is 1. The molecule has 0 aliphatic heterocycles. The van der Waals surface area contributed by atoms with Crippen LogP contribution in [0.1, 0.15) is 33.8 Å². The molecule has 0 aliphatic rings. The fourth-order valence-electron chi connectivity index (χ4n) is 1.80. The average molecular weight is 261 g/mol. The third-order valence-corrected chi connectivity index (χ3v) is 3.80. The lowest BCUT2D eigenvalue weighted by molar-refractivity contribution is 0.0698. The zero-order valence-corrected chi connectivity index (χ0v) is 11.1. The molecule has 4 heteroatoms. The summed E-state index contributed by atoms with van der Waals surface area (Å²) in [6, 6.07) is 9.55. The Balaban J connectivity index is 2.26. The molecule has 1 aromatic carbocycles. The topological polar surface area (TPSA) is 49.3 Å². The van der Waals surface area contributed by atoms with Crippen LogP contribution in [0.2, 0.25) is 0 Å². The molecule has 2 N–H and O–H groups in total. The molecule has 0 saturated carbocycles. The molecule has 2 aromatic rings. The van der Waals surface area contributed by atoms with E-state index in [-0.39, 0.29) is 6.04 Å². The summed E-state index contributed by atoms with van der Waals surface area (Å²) in [4.78, 5) is 12.4. The van der Waals surface area contributed by atoms with Crippen LogP contribution in [0, 0.1) is 6.92 Å². The van der Waals surface area contributed by atoms with Crippen molar-refractivity contribution in [3.05, 3.63) is 51.7 Å². The van der Waals surface area contributed by atoms with Crippen molar-refractivity contribution in [1.29, 1.82) is 0 Å². The maximum atomic E-state index is 11.2. The van der Waals surface area contributed by atoms with Gasteiger partial charge in [0.15, 0.2) is 0 Å². The number of aryl methyl sites for hydroxylation is 1. The van der Waals surface area contributed by atoms with E-state index in [9.17, 15) is 9.90 Å². The van der Waals surface area contributed by atoms with Gasteiger partial charge in [-0.25, -0.2) is 4.79 Å². The second-order valence-electron chi connectivity index (χ2n) is 4.24. The van der Waals surface area contributed by atoms with Crippen LogP contribution in [0.25, 0.3) is 0 Å². The van der Waals surface area contributed by atoms with Gasteiger partial charge in [-0.3, -0.25) is 0 Å². The second kappa shape index (κ2) is 5.23. The molecule has 0 aliphatic carbocycles. The summed E-state index contributed by atoms with van der Waals surface area (Å²) < 4.78 is 0. The predicted molar refractivity (Wildman–Crippen MR) is 74.5 cm³/mol. The summed E-state index contributed by atoms with van der Waals surface area (Å²) in [7, 11) is 0. The second-order valence-corrected chi connectivity index (χ2v) is 5.21. The number of rotatable bonds is 4. The highest BCUT2D eigenvalue weighted by molar-refractivity contribution is 7.10. The van der Waals surface area contributed by atoms with Gasteiger partial charge in [-0.15, -0.1) is 11.3 Å². The highest BCUT2D eigenvalue weighted by Gasteiger charge is 2.13. The first kappa shape index (κ1) is 12.6. The van der Waals surface area contributed by atoms with Crippen molar-refractivity contribution in [3.63, 3.8) is 0 Å². The molecule has 0 saturated heterocycles. The van der Waals surface area contributed by atoms with Crippen LogP contribution >= 0.6 is 11.3 Å². The van der Waals surface area contributed by atoms with Crippen molar-refractivity contribution in [2.75, 3.05) is 5.32 Å². The zero-order chi connectivity index (χ0) is 13.1. The summed E-state index contributed by atoms with van der Waals surface area (Å²) in [5.74, 6) is -0.903. The third kappa shape index (κ3) is 2.71. The Labute approximate surface area is 110 Å². The lowest BCUT2D eigenvalue weighted by atomic mass is 10.1. The Hall–Kier alpha value is -1.81. The van der Waals surface area contributed by atoms with E-state index in [1.807, 2.05) is 43.5 Å². The first-order valence-corrected chi connectivity index (χ1v) is 6.60. The van der Waals surface area contributed by atoms with Crippen LogP contribution < -0.4 is 5.32 Å². The molecule has 94 valence electrons. The van der Waals surface area contributed by atoms with Gasteiger partial charge in [-0.05, 0) is 37.4 Å². The predicted octanol–water partition coefficient (Wildman–Crippen LogP) is 3.93. The third-order valence-electron chi connectivity index (χ3n) is 2.75. The maximum Gasteiger partial charge on any atom is 0.337 e. The number of nitrogens with one attached hydrogen (secondary N) is 1. The van der Waals surface area contributed by atoms with Crippen molar-refractivity contribution in [2.24, 2.45) is 0 Å². The Kier molecular flexibility index (Phi) is 3.67. The summed E-state index contributed by atoms with van der Waals surface area (Å²) in [6.45, 7) is 3.91. The van der Waals surface area contributed by atoms with Crippen molar-refractivity contribution < 1.29 is 9.90 Å². The molecule has 0 spiro atoms. The summed E-state index contributed by atoms with van der Waals surface area (Å²) >= 11 is 1.66. The lowest BCUT2D eigenvalue weighted by Crippen LogP contribution is -2.09. The molecule has 0 bridgehead atoms. The number of anilines is 1. The van der Waals surface area contributed by atoms with Crippen molar-refractivity contribution in [2.45, 2.75) is 19.9 Å². The van der Waals surface area contributed by atoms with Crippen LogP contribution in [-0.4, -0.2) is 11.1 Å². The molecular weight excluding hydrogens is 246 g/mol. The largest absolute Gasteiger partial charge is 0.478 e. The Morgan fingerprint density at radius 3 is 2.78 bits per heavy atom. The van der Waals surface area contributed by atoms with E-state index in [1.54, 1.807) is 17.4 Å². The Morgan fingerprint density at radius 2 is 2.17 bits per heavy atom. The van der Waals surface area contributed by atoms with Gasteiger partial charge in [0.1, 0.15) is 0 Å². The molecule has 1 atom stereocenters. The molecule has 3 nitrogen and oxygen atoms in total. The number of benzene rings is 1. The molecule has 18 heavy (non-hydrogen) atoms. The van der Waals surface area contributed by atoms with Gasteiger partial charge >= 0.3 is 5.97 Å². The Morgan fingerprint density at radius 1 is 1.39 bits per heavy atom. The number of thiophene rings is 1. The standard InChI is InChI=1S/C14H15NO2S/c1-9-5-6-12(11(8-9)14(16)17)15-10(2)13-4-3-7-18-13/h3-8,10,15H,1-2H3,(H,16,17). The van der Waals surface area contributed by atoms with E-state index in [4.69, 9.17) is 0 Å². The normalized spacial score (nSPS) is 12.1. The van der Waals surface area contributed by atoms with Crippen LogP contribution in [0.15, 0.2) is 35.7 Å². The summed E-state index contributed by atoms with van der Waals surface area (Å²) in [6.07, 6.45) is 0. The van der Waals surface area contributed by atoms with Crippen LogP contribution in [0.4, 0.5) is 5.69 Å². The molecular formula is C14H15NO2S. The Bertz CT molecular complexity index is 549. The lowest BCUT2D eigenvalue weighted by Gasteiger charge is -2.16. The highest BCUT2D eigenvalue weighted by Crippen LogP contribution is 2.25. The number of hydrogen-bond acceptors (Lipinski definition) is 3. The SMILES string of the molecule is Cc1ccc(NC(C)c2cccs2)c(C(=O)O)c1. The van der Waals surface area contributed by atoms with E-state index in [0.29, 0.717) is 11.3 Å². The minimum Gasteiger partial charge on any atom is -0.478 e. The first-order chi connectivity index (χ1) is 8.58. The quantitative estimate of drug-likeness (QED) is 0.876. The van der Waals surface area contributed by atoms with Gasteiger partial charge < -0.3 is 10.4 Å². The molecule has 2 rings (SSSR count). The molecule has 0 fully saturated rings. The molecule has 0 amide bonds. The monoisotopic (exact) mass is 261 g/mol. The van der Waals surface area contributed by atoms with Crippen molar-refractivity contribution in [3.8, 4) is 0 Å². The van der Waals surface area contributed by atoms with E-state index < -0.39 is 5.97 Å². The molecule has 0 radical (unpaired) electrons. The smallest absolute Gasteiger partial charge is 0.337 e. The van der Waals surface area contributed by atoms with Gasteiger partial charge in [-0.2, -0.15) is 0 Å². The van der Waals surface area contributed by atoms with Crippen LogP contribution in [-0.2, 0) is 0 Å². The van der Waals surface area contributed by atoms with Gasteiger partial charge in [0, 0.05) is 10.6 Å². The van der Waals surface area contributed by atoms with Gasteiger partial charge in [-0.1, -0.05) is 17.7 Å². The average Bonchev–Trinajstić information content (AvgIpc) is 2.84. The maximum absolute atomic E-state index is 11.2. The van der Waals surface area contributed by atoms with Crippen molar-refractivity contribution >= 4 is 23.0 Å². The van der Waals surface area contributed by atoms with Gasteiger partial charge in [0.25, 0.3) is 0 Å². The number of hydrogen-bond donors (Lipinski definition) is 2. The number of carboxylic acids is 1. The van der Waals surface area contributed by atoms with E-state index in [2.05, 4.69) is 5.32 Å². The van der Waals surface area contributed by atoms with Crippen molar-refractivity contribution in [1.82, 2.24) is 0 Å². The number of carboxylic acid groups (broad SMARTS) is 1. The fourth-order valence-corrected chi connectivity index (χ4v) is 2.54. The molecule has 1 heterocycles. The minimum atomic E-state index is -0.903. The minimum absolute atomic E-state index is 0.103. The number of carbonyl (C=O) groups is 1. The van der Waals surface area contributed by atoms with E-state index in [1.165, 1.54) is 4.88 Å². The van der Waals surface area contributed by atoms with Gasteiger partial charge in [0.05, 0.1) is 11.6 Å². The van der Waals surface area contributed by atoms with E-state index in [0.717, 1.165) is 5.56 Å². The molecule has 1 unspecified atom stereocenters.